The van der Waals surface area contributed by atoms with Crippen molar-refractivity contribution >= 4 is 18.0 Å². The first kappa shape index (κ1) is 29.8. The molecule has 35 heavy (non-hydrogen) atoms. The van der Waals surface area contributed by atoms with E-state index < -0.39 is 53.5 Å². The van der Waals surface area contributed by atoms with E-state index in [4.69, 9.17) is 9.47 Å². The second kappa shape index (κ2) is 11.4. The van der Waals surface area contributed by atoms with E-state index in [1.807, 2.05) is 5.92 Å². The van der Waals surface area contributed by atoms with E-state index in [9.17, 15) is 32.7 Å². The molecule has 0 aliphatic heterocycles. The number of nitrogens with one attached hydrogen (secondary N) is 1. The van der Waals surface area contributed by atoms with Gasteiger partial charge in [-0.1, -0.05) is 42.2 Å². The van der Waals surface area contributed by atoms with Crippen LogP contribution >= 0.6 is 0 Å². The van der Waals surface area contributed by atoms with Crippen LogP contribution in [0.3, 0.4) is 0 Å². The first-order valence-electron chi connectivity index (χ1n) is 10.6. The number of carbonyl (C=O) groups excluding carboxylic acids is 3. The van der Waals surface area contributed by atoms with E-state index in [0.29, 0.717) is 5.56 Å². The number of rotatable bonds is 7. The van der Waals surface area contributed by atoms with Gasteiger partial charge in [0, 0.05) is 0 Å². The van der Waals surface area contributed by atoms with Gasteiger partial charge in [0.2, 0.25) is 0 Å². The van der Waals surface area contributed by atoms with Gasteiger partial charge in [0.15, 0.2) is 0 Å². The number of esters is 2. The van der Waals surface area contributed by atoms with E-state index in [1.165, 1.54) is 33.0 Å². The number of halogens is 3. The minimum absolute atomic E-state index is 0.388. The van der Waals surface area contributed by atoms with E-state index in [2.05, 4.69) is 4.74 Å². The third-order valence-corrected chi connectivity index (χ3v) is 4.26. The summed E-state index contributed by atoms with van der Waals surface area (Å²) in [7, 11) is 0. The summed E-state index contributed by atoms with van der Waals surface area (Å²) in [6, 6.07) is 8.11. The number of amides is 1. The Morgan fingerprint density at radius 2 is 1.60 bits per heavy atom. The van der Waals surface area contributed by atoms with Crippen LogP contribution in [0.15, 0.2) is 30.3 Å². The number of hydrogen-bond acceptors (Lipinski definition) is 7. The molecule has 1 amide bonds. The second-order valence-corrected chi connectivity index (χ2v) is 9.04. The Balaban J connectivity index is 3.46. The zero-order chi connectivity index (χ0) is 27.1. The van der Waals surface area contributed by atoms with Crippen molar-refractivity contribution in [2.45, 2.75) is 71.1 Å². The molecule has 0 fully saturated rings. The molecule has 11 heteroatoms. The highest BCUT2D eigenvalue weighted by Crippen LogP contribution is 2.32. The summed E-state index contributed by atoms with van der Waals surface area (Å²) in [5.41, 5.74) is -6.41. The SMILES string of the molecule is CCOC(=O)[C@](C#CC(C(=O)OC(C)(C)C)C(C)(C)O)(NC(=O)OCc1ccccc1)C(F)(F)F. The largest absolute Gasteiger partial charge is 0.463 e. The van der Waals surface area contributed by atoms with Crippen molar-refractivity contribution in [2.75, 3.05) is 6.61 Å². The van der Waals surface area contributed by atoms with Crippen molar-refractivity contribution in [1.29, 1.82) is 0 Å². The van der Waals surface area contributed by atoms with Gasteiger partial charge in [-0.15, -0.1) is 0 Å². The first-order chi connectivity index (χ1) is 15.9. The zero-order valence-electron chi connectivity index (χ0n) is 20.4. The van der Waals surface area contributed by atoms with Gasteiger partial charge in [0.05, 0.1) is 12.2 Å². The minimum atomic E-state index is -5.49. The number of alkyl halides is 3. The summed E-state index contributed by atoms with van der Waals surface area (Å²) in [4.78, 5) is 37.3. The van der Waals surface area contributed by atoms with Gasteiger partial charge < -0.3 is 19.3 Å². The molecule has 0 aromatic heterocycles. The molecule has 1 aromatic carbocycles. The average molecular weight is 501 g/mol. The van der Waals surface area contributed by atoms with Crippen LogP contribution in [0.1, 0.15) is 47.1 Å². The second-order valence-electron chi connectivity index (χ2n) is 9.04. The van der Waals surface area contributed by atoms with Crippen molar-refractivity contribution in [1.82, 2.24) is 5.32 Å². The van der Waals surface area contributed by atoms with Gasteiger partial charge in [0.1, 0.15) is 18.1 Å². The Labute approximate surface area is 202 Å². The maximum atomic E-state index is 14.2. The zero-order valence-corrected chi connectivity index (χ0v) is 20.4. The maximum absolute atomic E-state index is 14.2. The van der Waals surface area contributed by atoms with Crippen molar-refractivity contribution in [3.63, 3.8) is 0 Å². The Hall–Kier alpha value is -3.26. The molecular formula is C24H30F3NO7. The fraction of sp³-hybridized carbons (Fsp3) is 0.542. The number of aliphatic hydroxyl groups is 1. The molecule has 2 N–H and O–H groups in total. The average Bonchev–Trinajstić information content (AvgIpc) is 2.69. The van der Waals surface area contributed by atoms with Crippen LogP contribution in [0, 0.1) is 17.8 Å². The van der Waals surface area contributed by atoms with Gasteiger partial charge >= 0.3 is 24.2 Å². The lowest BCUT2D eigenvalue weighted by Gasteiger charge is -2.30. The molecule has 2 atom stereocenters. The third kappa shape index (κ3) is 8.79. The molecule has 0 heterocycles. The van der Waals surface area contributed by atoms with E-state index in [-0.39, 0.29) is 6.61 Å². The molecule has 194 valence electrons. The van der Waals surface area contributed by atoms with Crippen LogP contribution in [0.5, 0.6) is 0 Å². The molecule has 1 unspecified atom stereocenters. The molecule has 0 aliphatic rings. The topological polar surface area (TPSA) is 111 Å². The van der Waals surface area contributed by atoms with Crippen LogP contribution < -0.4 is 5.32 Å². The summed E-state index contributed by atoms with van der Waals surface area (Å²) >= 11 is 0. The predicted octanol–water partition coefficient (Wildman–Crippen LogP) is 3.51. The number of alkyl carbamates (subject to hydrolysis) is 1. The summed E-state index contributed by atoms with van der Waals surface area (Å²) < 4.78 is 57.2. The fourth-order valence-corrected chi connectivity index (χ4v) is 2.61. The molecule has 0 aliphatic carbocycles. The lowest BCUT2D eigenvalue weighted by Crippen LogP contribution is -2.64. The highest BCUT2D eigenvalue weighted by Gasteiger charge is 2.63. The molecule has 1 rings (SSSR count). The quantitative estimate of drug-likeness (QED) is 0.334. The standard InChI is InChI=1S/C24H30F3NO7/c1-7-33-19(30)23(24(25,26)27,28-20(31)34-15-16-11-9-8-10-12-16)14-13-17(22(5,6)32)18(29)35-21(2,3)4/h8-12,17,32H,7,15H2,1-6H3,(H,28,31)/t17?,23-/m0/s1. The molecular weight excluding hydrogens is 471 g/mol. The normalized spacial score (nSPS) is 14.5. The fourth-order valence-electron chi connectivity index (χ4n) is 2.61. The Morgan fingerprint density at radius 1 is 1.03 bits per heavy atom. The monoisotopic (exact) mass is 501 g/mol. The number of hydrogen-bond donors (Lipinski definition) is 2. The van der Waals surface area contributed by atoms with E-state index in [0.717, 1.165) is 13.8 Å². The number of benzene rings is 1. The van der Waals surface area contributed by atoms with Crippen LogP contribution in [-0.2, 0) is 30.4 Å². The smallest absolute Gasteiger partial charge is 0.434 e. The van der Waals surface area contributed by atoms with Crippen molar-refractivity contribution in [3.8, 4) is 11.8 Å². The molecule has 1 aromatic rings. The highest BCUT2D eigenvalue weighted by molar-refractivity contribution is 5.91. The van der Waals surface area contributed by atoms with Crippen molar-refractivity contribution in [3.05, 3.63) is 35.9 Å². The van der Waals surface area contributed by atoms with Crippen molar-refractivity contribution in [2.24, 2.45) is 5.92 Å². The lowest BCUT2D eigenvalue weighted by molar-refractivity contribution is -0.198. The molecule has 0 spiro atoms. The predicted molar refractivity (Wildman–Crippen MR) is 119 cm³/mol. The van der Waals surface area contributed by atoms with Crippen molar-refractivity contribution < 1.29 is 46.9 Å². The minimum Gasteiger partial charge on any atom is -0.463 e. The lowest BCUT2D eigenvalue weighted by atomic mass is 9.89. The van der Waals surface area contributed by atoms with Crippen LogP contribution in [-0.4, -0.2) is 52.7 Å². The van der Waals surface area contributed by atoms with Crippen LogP contribution in [0.2, 0.25) is 0 Å². The van der Waals surface area contributed by atoms with Gasteiger partial charge in [0.25, 0.3) is 5.54 Å². The van der Waals surface area contributed by atoms with Gasteiger partial charge in [-0.25, -0.2) is 9.59 Å². The third-order valence-electron chi connectivity index (χ3n) is 4.26. The molecule has 8 nitrogen and oxygen atoms in total. The van der Waals surface area contributed by atoms with Gasteiger partial charge in [-0.3, -0.25) is 10.1 Å². The van der Waals surface area contributed by atoms with E-state index in [1.54, 1.807) is 36.3 Å². The Bertz CT molecular complexity index is 954. The maximum Gasteiger partial charge on any atom is 0.434 e. The first-order valence-corrected chi connectivity index (χ1v) is 10.6. The summed E-state index contributed by atoms with van der Waals surface area (Å²) in [5.74, 6) is -1.24. The van der Waals surface area contributed by atoms with Crippen LogP contribution in [0.25, 0.3) is 0 Å². The molecule has 0 radical (unpaired) electrons. The Kier molecular flexibility index (Phi) is 9.74. The van der Waals surface area contributed by atoms with Gasteiger partial charge in [-0.05, 0) is 47.1 Å². The summed E-state index contributed by atoms with van der Waals surface area (Å²) in [6.45, 7) is 7.24. The number of carbonyl (C=O) groups is 3. The summed E-state index contributed by atoms with van der Waals surface area (Å²) in [5, 5.41) is 11.8. The molecule has 0 saturated heterocycles. The van der Waals surface area contributed by atoms with Crippen LogP contribution in [0.4, 0.5) is 18.0 Å². The summed E-state index contributed by atoms with van der Waals surface area (Å²) in [6.07, 6.45) is -7.10. The Morgan fingerprint density at radius 3 is 2.06 bits per heavy atom. The highest BCUT2D eigenvalue weighted by atomic mass is 19.4. The van der Waals surface area contributed by atoms with E-state index >= 15 is 0 Å². The van der Waals surface area contributed by atoms with Gasteiger partial charge in [-0.2, -0.15) is 13.2 Å². The number of ether oxygens (including phenoxy) is 3. The molecule has 0 bridgehead atoms. The molecule has 0 saturated carbocycles.